The molecule has 5 nitrogen and oxygen atoms in total. The molecular weight excluding hydrogens is 244 g/mol. The molecule has 86 valence electrons. The molecule has 0 aliphatic rings. The Morgan fingerprint density at radius 3 is 2.65 bits per heavy atom. The second-order valence-electron chi connectivity index (χ2n) is 3.13. The molecule has 0 fully saturated rings. The minimum atomic E-state index is -1.08. The summed E-state index contributed by atoms with van der Waals surface area (Å²) in [5.74, 6) is -0.206. The van der Waals surface area contributed by atoms with Crippen molar-refractivity contribution in [3.8, 4) is 11.5 Å². The van der Waals surface area contributed by atoms with Gasteiger partial charge in [0, 0.05) is 12.3 Å². The maximum atomic E-state index is 10.6. The van der Waals surface area contributed by atoms with E-state index in [1.807, 2.05) is 0 Å². The van der Waals surface area contributed by atoms with Gasteiger partial charge in [-0.1, -0.05) is 11.6 Å². The first-order chi connectivity index (χ1) is 8.15. The average Bonchev–Trinajstić information content (AvgIpc) is 2.29. The molecule has 0 atom stereocenters. The van der Waals surface area contributed by atoms with Crippen molar-refractivity contribution in [2.24, 2.45) is 0 Å². The summed E-state index contributed by atoms with van der Waals surface area (Å²) in [6.45, 7) is 0. The molecule has 0 unspecified atom stereocenters. The first-order valence-corrected chi connectivity index (χ1v) is 5.01. The molecule has 17 heavy (non-hydrogen) atoms. The van der Waals surface area contributed by atoms with E-state index in [1.165, 1.54) is 30.7 Å². The fourth-order valence-electron chi connectivity index (χ4n) is 1.15. The molecule has 0 bridgehead atoms. The van der Waals surface area contributed by atoms with Crippen LogP contribution in [0.3, 0.4) is 0 Å². The van der Waals surface area contributed by atoms with Crippen molar-refractivity contribution in [3.63, 3.8) is 0 Å². The lowest BCUT2D eigenvalue weighted by Crippen LogP contribution is -1.99. The number of carboxylic acids is 1. The highest BCUT2D eigenvalue weighted by atomic mass is 35.5. The van der Waals surface area contributed by atoms with Gasteiger partial charge in [0.05, 0.1) is 17.4 Å². The van der Waals surface area contributed by atoms with Crippen molar-refractivity contribution in [1.82, 2.24) is 9.97 Å². The van der Waals surface area contributed by atoms with Gasteiger partial charge in [-0.15, -0.1) is 0 Å². The summed E-state index contributed by atoms with van der Waals surface area (Å²) in [6.07, 6.45) is 4.31. The van der Waals surface area contributed by atoms with Crippen LogP contribution >= 0.6 is 11.6 Å². The molecule has 0 saturated heterocycles. The minimum Gasteiger partial charge on any atom is -0.477 e. The van der Waals surface area contributed by atoms with Crippen LogP contribution in [-0.2, 0) is 0 Å². The lowest BCUT2D eigenvalue weighted by molar-refractivity contribution is 0.0690. The van der Waals surface area contributed by atoms with Crippen molar-refractivity contribution in [2.45, 2.75) is 0 Å². The van der Waals surface area contributed by atoms with Crippen molar-refractivity contribution in [2.75, 3.05) is 0 Å². The first-order valence-electron chi connectivity index (χ1n) is 4.63. The van der Waals surface area contributed by atoms with Crippen LogP contribution in [0.1, 0.15) is 10.5 Å². The van der Waals surface area contributed by atoms with Crippen molar-refractivity contribution in [3.05, 3.63) is 47.5 Å². The predicted molar refractivity (Wildman–Crippen MR) is 60.5 cm³/mol. The highest BCUT2D eigenvalue weighted by molar-refractivity contribution is 6.30. The maximum absolute atomic E-state index is 10.6. The molecule has 2 heterocycles. The standard InChI is InChI=1S/C11H7ClN2O3/c12-7-3-9(5-13-4-7)17-8-1-2-10(11(15)16)14-6-8/h1-6H,(H,15,16). The zero-order valence-electron chi connectivity index (χ0n) is 8.50. The number of halogens is 1. The zero-order chi connectivity index (χ0) is 12.3. The summed E-state index contributed by atoms with van der Waals surface area (Å²) < 4.78 is 5.39. The maximum Gasteiger partial charge on any atom is 0.354 e. The third-order valence-corrected chi connectivity index (χ3v) is 2.08. The van der Waals surface area contributed by atoms with Gasteiger partial charge in [0.25, 0.3) is 0 Å². The molecular formula is C11H7ClN2O3. The van der Waals surface area contributed by atoms with Crippen LogP contribution in [0.15, 0.2) is 36.8 Å². The molecule has 1 N–H and O–H groups in total. The third kappa shape index (κ3) is 2.92. The normalized spacial score (nSPS) is 9.94. The average molecular weight is 251 g/mol. The Balaban J connectivity index is 2.16. The molecule has 0 radical (unpaired) electrons. The Bertz CT molecular complexity index is 543. The number of hydrogen-bond donors (Lipinski definition) is 1. The van der Waals surface area contributed by atoms with Gasteiger partial charge in [-0.05, 0) is 12.1 Å². The molecule has 2 rings (SSSR count). The number of rotatable bonds is 3. The number of ether oxygens (including phenoxy) is 1. The molecule has 0 saturated carbocycles. The van der Waals surface area contributed by atoms with Crippen LogP contribution in [0.2, 0.25) is 5.02 Å². The van der Waals surface area contributed by atoms with E-state index < -0.39 is 5.97 Å². The van der Waals surface area contributed by atoms with E-state index in [0.717, 1.165) is 0 Å². The summed E-state index contributed by atoms with van der Waals surface area (Å²) in [5.41, 5.74) is -0.0402. The second kappa shape index (κ2) is 4.80. The SMILES string of the molecule is O=C(O)c1ccc(Oc2cncc(Cl)c2)cn1. The molecule has 0 aliphatic heterocycles. The van der Waals surface area contributed by atoms with Crippen LogP contribution in [0.25, 0.3) is 0 Å². The topological polar surface area (TPSA) is 72.3 Å². The summed E-state index contributed by atoms with van der Waals surface area (Å²) in [5, 5.41) is 9.13. The van der Waals surface area contributed by atoms with E-state index in [0.29, 0.717) is 16.5 Å². The van der Waals surface area contributed by atoms with Crippen LogP contribution in [-0.4, -0.2) is 21.0 Å². The Morgan fingerprint density at radius 2 is 2.06 bits per heavy atom. The van der Waals surface area contributed by atoms with Crippen molar-refractivity contribution >= 4 is 17.6 Å². The van der Waals surface area contributed by atoms with Gasteiger partial charge < -0.3 is 9.84 Å². The fourth-order valence-corrected chi connectivity index (χ4v) is 1.32. The largest absolute Gasteiger partial charge is 0.477 e. The summed E-state index contributed by atoms with van der Waals surface area (Å²) in [7, 11) is 0. The van der Waals surface area contributed by atoms with E-state index in [2.05, 4.69) is 9.97 Å². The Morgan fingerprint density at radius 1 is 1.24 bits per heavy atom. The molecule has 0 aliphatic carbocycles. The highest BCUT2D eigenvalue weighted by Gasteiger charge is 2.04. The quantitative estimate of drug-likeness (QED) is 0.907. The third-order valence-electron chi connectivity index (χ3n) is 1.87. The number of aromatic carboxylic acids is 1. The van der Waals surface area contributed by atoms with Gasteiger partial charge in [-0.25, -0.2) is 9.78 Å². The van der Waals surface area contributed by atoms with E-state index in [1.54, 1.807) is 6.07 Å². The smallest absolute Gasteiger partial charge is 0.354 e. The fraction of sp³-hybridized carbons (Fsp3) is 0. The van der Waals surface area contributed by atoms with Gasteiger partial charge in [-0.2, -0.15) is 0 Å². The second-order valence-corrected chi connectivity index (χ2v) is 3.56. The van der Waals surface area contributed by atoms with Gasteiger partial charge in [-0.3, -0.25) is 4.98 Å². The van der Waals surface area contributed by atoms with Crippen molar-refractivity contribution in [1.29, 1.82) is 0 Å². The summed E-state index contributed by atoms with van der Waals surface area (Å²) in [6, 6.07) is 4.46. The predicted octanol–water partition coefficient (Wildman–Crippen LogP) is 2.62. The number of pyridine rings is 2. The van der Waals surface area contributed by atoms with Gasteiger partial charge in [0.2, 0.25) is 0 Å². The van der Waals surface area contributed by atoms with Crippen molar-refractivity contribution < 1.29 is 14.6 Å². The number of nitrogens with zero attached hydrogens (tertiary/aromatic N) is 2. The van der Waals surface area contributed by atoms with Crippen LogP contribution in [0.4, 0.5) is 0 Å². The van der Waals surface area contributed by atoms with E-state index in [-0.39, 0.29) is 5.69 Å². The molecule has 0 amide bonds. The molecule has 2 aromatic rings. The number of hydrogen-bond acceptors (Lipinski definition) is 4. The number of carbonyl (C=O) groups is 1. The van der Waals surface area contributed by atoms with Gasteiger partial charge in [0.1, 0.15) is 17.2 Å². The van der Waals surface area contributed by atoms with E-state index in [4.69, 9.17) is 21.4 Å². The Hall–Kier alpha value is -2.14. The van der Waals surface area contributed by atoms with E-state index >= 15 is 0 Å². The van der Waals surface area contributed by atoms with Crippen LogP contribution in [0.5, 0.6) is 11.5 Å². The molecule has 6 heteroatoms. The molecule has 0 aromatic carbocycles. The summed E-state index contributed by atoms with van der Waals surface area (Å²) in [4.78, 5) is 18.2. The monoisotopic (exact) mass is 250 g/mol. The Labute approximate surface area is 102 Å². The van der Waals surface area contributed by atoms with E-state index in [9.17, 15) is 4.79 Å². The number of carboxylic acid groups (broad SMARTS) is 1. The minimum absolute atomic E-state index is 0.0402. The highest BCUT2D eigenvalue weighted by Crippen LogP contribution is 2.22. The molecule has 0 spiro atoms. The van der Waals surface area contributed by atoms with Crippen LogP contribution < -0.4 is 4.74 Å². The van der Waals surface area contributed by atoms with Gasteiger partial charge in [0.15, 0.2) is 0 Å². The summed E-state index contributed by atoms with van der Waals surface area (Å²) >= 11 is 5.74. The van der Waals surface area contributed by atoms with Gasteiger partial charge >= 0.3 is 5.97 Å². The molecule has 2 aromatic heterocycles. The first kappa shape index (κ1) is 11.3. The lowest BCUT2D eigenvalue weighted by Gasteiger charge is -2.04. The number of aromatic nitrogens is 2. The lowest BCUT2D eigenvalue weighted by atomic mass is 10.3. The van der Waals surface area contributed by atoms with Crippen LogP contribution in [0, 0.1) is 0 Å². The Kier molecular flexibility index (Phi) is 3.20. The zero-order valence-corrected chi connectivity index (χ0v) is 9.26.